The lowest BCUT2D eigenvalue weighted by molar-refractivity contribution is 0.833. The zero-order valence-electron chi connectivity index (χ0n) is 21.9. The second-order valence-corrected chi connectivity index (χ2v) is 8.38. The van der Waals surface area contributed by atoms with E-state index < -0.39 is 0 Å². The van der Waals surface area contributed by atoms with E-state index in [1.165, 1.54) is 46.2 Å². The van der Waals surface area contributed by atoms with Gasteiger partial charge in [-0.25, -0.2) is 0 Å². The van der Waals surface area contributed by atoms with Crippen LogP contribution in [-0.2, 0) is 12.8 Å². The lowest BCUT2D eigenvalue weighted by Gasteiger charge is -2.01. The fourth-order valence-corrected chi connectivity index (χ4v) is 2.81. The molecule has 1 heteroatoms. The van der Waals surface area contributed by atoms with Gasteiger partial charge in [0.15, 0.2) is 0 Å². The number of hydrogen-bond donors (Lipinski definition) is 1. The first-order chi connectivity index (χ1) is 15.7. The van der Waals surface area contributed by atoms with Crippen molar-refractivity contribution >= 4 is 0 Å². The summed E-state index contributed by atoms with van der Waals surface area (Å²) >= 11 is 0. The average molecular weight is 444 g/mol. The normalized spacial score (nSPS) is 10.7. The molecular weight excluding hydrogens is 398 g/mol. The maximum Gasteiger partial charge on any atom is 0.0181 e. The van der Waals surface area contributed by atoms with Crippen molar-refractivity contribution in [3.8, 4) is 0 Å². The first-order valence-corrected chi connectivity index (χ1v) is 11.8. The molecule has 0 radical (unpaired) electrons. The highest BCUT2D eigenvalue weighted by Crippen LogP contribution is 2.07. The van der Waals surface area contributed by atoms with Crippen molar-refractivity contribution in [1.29, 1.82) is 0 Å². The Hall–Kier alpha value is -3.06. The molecule has 1 nitrogen and oxygen atoms in total. The van der Waals surface area contributed by atoms with E-state index in [0.29, 0.717) is 0 Å². The lowest BCUT2D eigenvalue weighted by atomic mass is 10.1. The molecule has 0 aliphatic heterocycles. The summed E-state index contributed by atoms with van der Waals surface area (Å²) in [6.45, 7) is 24.6. The average Bonchev–Trinajstić information content (AvgIpc) is 2.78. The Labute approximate surface area is 204 Å². The highest BCUT2D eigenvalue weighted by Gasteiger charge is 1.91. The fourth-order valence-electron chi connectivity index (χ4n) is 2.81. The van der Waals surface area contributed by atoms with E-state index in [9.17, 15) is 0 Å². The van der Waals surface area contributed by atoms with Gasteiger partial charge in [-0.1, -0.05) is 122 Å². The minimum atomic E-state index is 0.965. The van der Waals surface area contributed by atoms with Gasteiger partial charge in [0.2, 0.25) is 0 Å². The Morgan fingerprint density at radius 3 is 1.82 bits per heavy atom. The number of allylic oxidation sites excluding steroid dienone is 6. The topological polar surface area (TPSA) is 12.0 Å². The van der Waals surface area contributed by atoms with Crippen LogP contribution in [0.1, 0.15) is 56.4 Å². The van der Waals surface area contributed by atoms with Gasteiger partial charge in [-0.3, -0.25) is 0 Å². The van der Waals surface area contributed by atoms with Crippen LogP contribution >= 0.6 is 0 Å². The van der Waals surface area contributed by atoms with Crippen LogP contribution in [0.2, 0.25) is 0 Å². The molecule has 2 aromatic carbocycles. The zero-order valence-corrected chi connectivity index (χ0v) is 21.9. The van der Waals surface area contributed by atoms with Crippen LogP contribution < -0.4 is 5.32 Å². The van der Waals surface area contributed by atoms with Crippen LogP contribution in [0.4, 0.5) is 0 Å². The molecular formula is C32H45N. The molecule has 0 saturated carbocycles. The standard InChI is InChI=1S/C11H15N.C11H16.C10H14/c1-3-12-8-7-11-6-4-5-10(2)9-11;1-6-10(4)7-8-11(5)9(2)3;1-3-5-10-7-4-6-9(2)8-10/h3-6,9,12H,1,7-8H2,2H3;6-8H,1-2H2,3-5H3;4,6-8H,3,5H2,1-2H3/b;10-7-,11-8+;. The quantitative estimate of drug-likeness (QED) is 0.301. The number of aryl methyl sites for hydroxylation is 3. The Morgan fingerprint density at radius 2 is 1.39 bits per heavy atom. The summed E-state index contributed by atoms with van der Waals surface area (Å²) in [7, 11) is 0. The third kappa shape index (κ3) is 16.3. The van der Waals surface area contributed by atoms with Gasteiger partial charge in [0.1, 0.15) is 0 Å². The zero-order chi connectivity index (χ0) is 25.1. The highest BCUT2D eigenvalue weighted by molar-refractivity contribution is 5.31. The molecule has 2 rings (SSSR count). The van der Waals surface area contributed by atoms with Crippen LogP contribution in [0.25, 0.3) is 0 Å². The monoisotopic (exact) mass is 443 g/mol. The summed E-state index contributed by atoms with van der Waals surface area (Å²) in [4.78, 5) is 0. The first kappa shape index (κ1) is 29.9. The van der Waals surface area contributed by atoms with Crippen molar-refractivity contribution in [2.24, 2.45) is 0 Å². The van der Waals surface area contributed by atoms with Crippen LogP contribution in [0.5, 0.6) is 0 Å². The maximum atomic E-state index is 3.84. The van der Waals surface area contributed by atoms with Crippen LogP contribution in [0.15, 0.2) is 109 Å². The minimum absolute atomic E-state index is 0.965. The maximum absolute atomic E-state index is 3.84. The SMILES string of the molecule is C=C/C(C)=C\C=C(/C)C(=C)C.C=CNCCc1cccc(C)c1.CCCc1cccc(C)c1. The van der Waals surface area contributed by atoms with Gasteiger partial charge in [0.05, 0.1) is 0 Å². The van der Waals surface area contributed by atoms with Gasteiger partial charge in [-0.2, -0.15) is 0 Å². The molecule has 0 bridgehead atoms. The van der Waals surface area contributed by atoms with E-state index in [1.54, 1.807) is 6.20 Å². The summed E-state index contributed by atoms with van der Waals surface area (Å²) < 4.78 is 0. The van der Waals surface area contributed by atoms with Gasteiger partial charge < -0.3 is 5.32 Å². The summed E-state index contributed by atoms with van der Waals surface area (Å²) in [5.74, 6) is 0. The van der Waals surface area contributed by atoms with Gasteiger partial charge >= 0.3 is 0 Å². The molecule has 0 aromatic heterocycles. The molecule has 2 aromatic rings. The van der Waals surface area contributed by atoms with E-state index in [4.69, 9.17) is 0 Å². The molecule has 0 aliphatic rings. The molecule has 0 fully saturated rings. The van der Waals surface area contributed by atoms with Gasteiger partial charge in [0, 0.05) is 6.54 Å². The molecule has 0 aliphatic carbocycles. The van der Waals surface area contributed by atoms with Gasteiger partial charge in [0.25, 0.3) is 0 Å². The number of rotatable bonds is 9. The Kier molecular flexibility index (Phi) is 16.8. The fraction of sp³-hybridized carbons (Fsp3) is 0.312. The Bertz CT molecular complexity index is 912. The summed E-state index contributed by atoms with van der Waals surface area (Å²) in [5, 5.41) is 3.08. The van der Waals surface area contributed by atoms with Gasteiger partial charge in [-0.05, 0) is 70.4 Å². The molecule has 178 valence electrons. The molecule has 0 spiro atoms. The van der Waals surface area contributed by atoms with Crippen molar-refractivity contribution in [3.63, 3.8) is 0 Å². The number of nitrogens with one attached hydrogen (secondary N) is 1. The Morgan fingerprint density at radius 1 is 0.848 bits per heavy atom. The third-order valence-corrected chi connectivity index (χ3v) is 5.00. The number of hydrogen-bond acceptors (Lipinski definition) is 1. The van der Waals surface area contributed by atoms with Crippen LogP contribution in [-0.4, -0.2) is 6.54 Å². The molecule has 1 N–H and O–H groups in total. The largest absolute Gasteiger partial charge is 0.391 e. The second-order valence-electron chi connectivity index (χ2n) is 8.38. The molecule has 33 heavy (non-hydrogen) atoms. The lowest BCUT2D eigenvalue weighted by Crippen LogP contribution is -2.08. The van der Waals surface area contributed by atoms with Crippen molar-refractivity contribution in [2.75, 3.05) is 6.54 Å². The van der Waals surface area contributed by atoms with E-state index in [-0.39, 0.29) is 0 Å². The van der Waals surface area contributed by atoms with E-state index in [2.05, 4.69) is 107 Å². The van der Waals surface area contributed by atoms with E-state index in [0.717, 1.165) is 18.5 Å². The summed E-state index contributed by atoms with van der Waals surface area (Å²) in [5.41, 5.74) is 9.03. The van der Waals surface area contributed by atoms with Crippen molar-refractivity contribution in [3.05, 3.63) is 132 Å². The second kappa shape index (κ2) is 18.5. The van der Waals surface area contributed by atoms with Crippen LogP contribution in [0, 0.1) is 13.8 Å². The van der Waals surface area contributed by atoms with Crippen LogP contribution in [0.3, 0.4) is 0 Å². The Balaban J connectivity index is 0.000000467. The molecule has 0 amide bonds. The van der Waals surface area contributed by atoms with E-state index in [1.807, 2.05) is 26.0 Å². The molecule has 0 atom stereocenters. The summed E-state index contributed by atoms with van der Waals surface area (Å²) in [6.07, 6.45) is 11.2. The van der Waals surface area contributed by atoms with Crippen molar-refractivity contribution in [1.82, 2.24) is 5.32 Å². The molecule has 0 unspecified atom stereocenters. The smallest absolute Gasteiger partial charge is 0.0181 e. The molecule has 0 heterocycles. The molecule has 0 saturated heterocycles. The highest BCUT2D eigenvalue weighted by atomic mass is 14.8. The van der Waals surface area contributed by atoms with Crippen molar-refractivity contribution < 1.29 is 0 Å². The van der Waals surface area contributed by atoms with E-state index >= 15 is 0 Å². The predicted octanol–water partition coefficient (Wildman–Crippen LogP) is 8.86. The predicted molar refractivity (Wildman–Crippen MR) is 151 cm³/mol. The number of benzene rings is 2. The van der Waals surface area contributed by atoms with Gasteiger partial charge in [-0.15, -0.1) is 0 Å². The first-order valence-electron chi connectivity index (χ1n) is 11.8. The minimum Gasteiger partial charge on any atom is -0.391 e. The third-order valence-electron chi connectivity index (χ3n) is 5.00. The summed E-state index contributed by atoms with van der Waals surface area (Å²) in [6, 6.07) is 17.3. The van der Waals surface area contributed by atoms with Crippen molar-refractivity contribution in [2.45, 2.75) is 60.8 Å².